The predicted octanol–water partition coefficient (Wildman–Crippen LogP) is 6.23. The molecule has 2 fully saturated rings. The lowest BCUT2D eigenvalue weighted by atomic mass is 10.0. The van der Waals surface area contributed by atoms with Crippen molar-refractivity contribution in [3.05, 3.63) is 67.9 Å². The van der Waals surface area contributed by atoms with Crippen molar-refractivity contribution >= 4 is 52.4 Å². The van der Waals surface area contributed by atoms with Crippen molar-refractivity contribution in [3.8, 4) is 6.01 Å². The monoisotopic (exact) mass is 702 g/mol. The standard InChI is InChI=1S/C25H29Cl2N7O2S.C8H12FN/c1-13-19-11-33(6-5-7-34(19)31-22(13)24(35)32(2)3)23-16-12-37-20(10-18(16)29-25(30-23)36-4)15-8-14(28)9-17(26)21(15)27;9-5-7-4-8-2-1-3-10(8)6-7/h8-9,20H,5-7,10-12,28H2,1-4H3;5,8H,1-4,6H2/b;7-5-. The van der Waals surface area contributed by atoms with E-state index in [1.807, 2.05) is 17.7 Å². The molecular formula is C33H41Cl2FN8O2S. The first-order chi connectivity index (χ1) is 22.6. The molecule has 6 heterocycles. The number of amides is 1. The summed E-state index contributed by atoms with van der Waals surface area (Å²) in [5.74, 6) is 1.48. The first kappa shape index (κ1) is 33.8. The molecule has 0 spiro atoms. The van der Waals surface area contributed by atoms with Gasteiger partial charge >= 0.3 is 6.01 Å². The van der Waals surface area contributed by atoms with Gasteiger partial charge in [-0.3, -0.25) is 14.4 Å². The van der Waals surface area contributed by atoms with Crippen LogP contribution in [0.4, 0.5) is 15.9 Å². The third-order valence-corrected chi connectivity index (χ3v) is 11.5. The molecule has 2 saturated heterocycles. The molecule has 2 atom stereocenters. The van der Waals surface area contributed by atoms with Gasteiger partial charge in [-0.1, -0.05) is 23.2 Å². The van der Waals surface area contributed by atoms with Gasteiger partial charge in [0.1, 0.15) is 5.82 Å². The molecule has 0 aliphatic carbocycles. The van der Waals surface area contributed by atoms with Gasteiger partial charge in [0.15, 0.2) is 5.69 Å². The molecule has 2 N–H and O–H groups in total. The number of halogens is 3. The Kier molecular flexibility index (Phi) is 10.2. The van der Waals surface area contributed by atoms with Crippen LogP contribution in [0.2, 0.25) is 10.0 Å². The van der Waals surface area contributed by atoms with E-state index in [4.69, 9.17) is 43.6 Å². The summed E-state index contributed by atoms with van der Waals surface area (Å²) in [4.78, 5) is 28.4. The minimum atomic E-state index is -0.0894. The third-order valence-electron chi connectivity index (χ3n) is 9.39. The number of aryl methyl sites for hydroxylation is 1. The molecule has 10 nitrogen and oxygen atoms in total. The Morgan fingerprint density at radius 2 is 1.96 bits per heavy atom. The smallest absolute Gasteiger partial charge is 0.318 e. The highest BCUT2D eigenvalue weighted by molar-refractivity contribution is 7.98. The normalized spacial score (nSPS) is 21.4. The van der Waals surface area contributed by atoms with Crippen LogP contribution >= 0.6 is 35.0 Å². The van der Waals surface area contributed by atoms with Gasteiger partial charge in [0.05, 0.1) is 41.4 Å². The highest BCUT2D eigenvalue weighted by atomic mass is 35.5. The summed E-state index contributed by atoms with van der Waals surface area (Å²) in [5.41, 5.74) is 13.0. The molecule has 2 unspecified atom stereocenters. The number of benzene rings is 1. The zero-order valence-electron chi connectivity index (χ0n) is 27.2. The first-order valence-electron chi connectivity index (χ1n) is 15.9. The highest BCUT2D eigenvalue weighted by Gasteiger charge is 2.33. The molecule has 0 bridgehead atoms. The predicted molar refractivity (Wildman–Crippen MR) is 186 cm³/mol. The first-order valence-corrected chi connectivity index (χ1v) is 17.7. The van der Waals surface area contributed by atoms with Crippen LogP contribution in [0.5, 0.6) is 6.01 Å². The van der Waals surface area contributed by atoms with Gasteiger partial charge in [0.25, 0.3) is 5.91 Å². The van der Waals surface area contributed by atoms with E-state index in [0.717, 1.165) is 78.3 Å². The number of rotatable bonds is 4. The Balaban J connectivity index is 0.000000327. The molecule has 3 aromatic rings. The van der Waals surface area contributed by atoms with E-state index in [0.29, 0.717) is 52.2 Å². The zero-order valence-corrected chi connectivity index (χ0v) is 29.6. The Morgan fingerprint density at radius 3 is 2.68 bits per heavy atom. The summed E-state index contributed by atoms with van der Waals surface area (Å²) in [5, 5.41) is 5.68. The Labute approximate surface area is 289 Å². The van der Waals surface area contributed by atoms with E-state index in [-0.39, 0.29) is 11.2 Å². The maximum absolute atomic E-state index is 12.7. The lowest BCUT2D eigenvalue weighted by Crippen LogP contribution is -2.27. The number of carbonyl (C=O) groups excluding carboxylic acids is 1. The van der Waals surface area contributed by atoms with E-state index >= 15 is 0 Å². The number of ether oxygens (including phenoxy) is 1. The van der Waals surface area contributed by atoms with Crippen LogP contribution < -0.4 is 15.4 Å². The summed E-state index contributed by atoms with van der Waals surface area (Å²) in [6.07, 6.45) is 5.88. The molecule has 1 aromatic carbocycles. The van der Waals surface area contributed by atoms with Gasteiger partial charge in [-0.05, 0) is 62.4 Å². The topological polar surface area (TPSA) is 106 Å². The average Bonchev–Trinajstić information content (AvgIpc) is 3.70. The molecular weight excluding hydrogens is 662 g/mol. The summed E-state index contributed by atoms with van der Waals surface area (Å²) in [7, 11) is 5.07. The van der Waals surface area contributed by atoms with Gasteiger partial charge in [-0.25, -0.2) is 4.39 Å². The molecule has 0 radical (unpaired) electrons. The molecule has 0 saturated carbocycles. The number of hydrogen-bond donors (Lipinski definition) is 1. The van der Waals surface area contributed by atoms with Crippen molar-refractivity contribution in [2.24, 2.45) is 0 Å². The average molecular weight is 704 g/mol. The van der Waals surface area contributed by atoms with E-state index in [2.05, 4.69) is 14.9 Å². The summed E-state index contributed by atoms with van der Waals surface area (Å²) < 4.78 is 19.5. The third kappa shape index (κ3) is 6.93. The summed E-state index contributed by atoms with van der Waals surface area (Å²) in [6.45, 7) is 6.18. The molecule has 252 valence electrons. The summed E-state index contributed by atoms with van der Waals surface area (Å²) in [6, 6.07) is 4.57. The fourth-order valence-electron chi connectivity index (χ4n) is 6.93. The second kappa shape index (κ2) is 14.2. The number of aromatic nitrogens is 4. The molecule has 2 aromatic heterocycles. The van der Waals surface area contributed by atoms with Gasteiger partial charge in [-0.15, -0.1) is 11.8 Å². The molecule has 1 amide bonds. The van der Waals surface area contributed by atoms with Gasteiger partial charge < -0.3 is 20.3 Å². The number of hydrogen-bond acceptors (Lipinski definition) is 9. The van der Waals surface area contributed by atoms with Crippen LogP contribution in [-0.2, 0) is 25.3 Å². The van der Waals surface area contributed by atoms with E-state index in [1.54, 1.807) is 43.9 Å². The zero-order chi connectivity index (χ0) is 33.4. The van der Waals surface area contributed by atoms with Crippen LogP contribution in [0.15, 0.2) is 24.0 Å². The van der Waals surface area contributed by atoms with Crippen molar-refractivity contribution in [2.75, 3.05) is 51.5 Å². The number of nitrogen functional groups attached to an aromatic ring is 1. The Bertz CT molecular complexity index is 1690. The van der Waals surface area contributed by atoms with E-state index in [9.17, 15) is 9.18 Å². The maximum Gasteiger partial charge on any atom is 0.318 e. The number of methoxy groups -OCH3 is 1. The molecule has 4 aliphatic heterocycles. The summed E-state index contributed by atoms with van der Waals surface area (Å²) >= 11 is 14.7. The van der Waals surface area contributed by atoms with Gasteiger partial charge in [0.2, 0.25) is 0 Å². The number of carbonyl (C=O) groups is 1. The van der Waals surface area contributed by atoms with Crippen LogP contribution in [0.1, 0.15) is 69.5 Å². The minimum absolute atomic E-state index is 0.0564. The van der Waals surface area contributed by atoms with Gasteiger partial charge in [0, 0.05) is 74.0 Å². The van der Waals surface area contributed by atoms with Crippen LogP contribution in [-0.4, -0.2) is 82.3 Å². The SMILES string of the molecule is COc1nc2c(c(N3CCCn4nc(C(=O)N(C)C)c(C)c4C3)n1)CSC(c1cc(N)cc(Cl)c1Cl)C2.F/C=C1/CC2CCCN2C1. The van der Waals surface area contributed by atoms with Crippen molar-refractivity contribution in [1.82, 2.24) is 29.5 Å². The number of nitrogens with zero attached hydrogens (tertiary/aromatic N) is 7. The Morgan fingerprint density at radius 1 is 1.15 bits per heavy atom. The van der Waals surface area contributed by atoms with Crippen molar-refractivity contribution in [2.45, 2.75) is 69.2 Å². The largest absolute Gasteiger partial charge is 0.467 e. The second-order valence-corrected chi connectivity index (χ2v) is 14.7. The quantitative estimate of drug-likeness (QED) is 0.317. The molecule has 4 aliphatic rings. The van der Waals surface area contributed by atoms with Crippen LogP contribution in [0.3, 0.4) is 0 Å². The van der Waals surface area contributed by atoms with E-state index in [1.165, 1.54) is 19.4 Å². The van der Waals surface area contributed by atoms with Gasteiger partial charge in [-0.2, -0.15) is 15.1 Å². The molecule has 14 heteroatoms. The van der Waals surface area contributed by atoms with Crippen molar-refractivity contribution < 1.29 is 13.9 Å². The fourth-order valence-corrected chi connectivity index (χ4v) is 8.77. The van der Waals surface area contributed by atoms with Crippen molar-refractivity contribution in [1.29, 1.82) is 0 Å². The lowest BCUT2D eigenvalue weighted by Gasteiger charge is -2.30. The van der Waals surface area contributed by atoms with Crippen LogP contribution in [0, 0.1) is 6.92 Å². The van der Waals surface area contributed by atoms with E-state index < -0.39 is 0 Å². The Hall–Kier alpha value is -3.06. The number of anilines is 2. The molecule has 7 rings (SSSR count). The second-order valence-electron chi connectivity index (χ2n) is 12.7. The minimum Gasteiger partial charge on any atom is -0.467 e. The lowest BCUT2D eigenvalue weighted by molar-refractivity contribution is 0.0820. The number of thioether (sulfide) groups is 1. The maximum atomic E-state index is 12.7. The van der Waals surface area contributed by atoms with Crippen LogP contribution in [0.25, 0.3) is 0 Å². The molecule has 47 heavy (non-hydrogen) atoms. The fraction of sp³-hybridized carbons (Fsp3) is 0.515. The number of nitrogens with two attached hydrogens (primary N) is 1. The highest BCUT2D eigenvalue weighted by Crippen LogP contribution is 2.47. The number of fused-ring (bicyclic) bond motifs is 3. The van der Waals surface area contributed by atoms with Crippen molar-refractivity contribution in [3.63, 3.8) is 0 Å².